The van der Waals surface area contributed by atoms with Crippen molar-refractivity contribution in [3.8, 4) is 5.75 Å². The summed E-state index contributed by atoms with van der Waals surface area (Å²) in [7, 11) is 0. The number of benzene rings is 1. The quantitative estimate of drug-likeness (QED) is 0.561. The third kappa shape index (κ3) is 5.15. The zero-order chi connectivity index (χ0) is 25.1. The molecule has 0 aliphatic carbocycles. The van der Waals surface area contributed by atoms with Crippen molar-refractivity contribution in [3.05, 3.63) is 64.9 Å². The number of hydrogen-bond donors (Lipinski definition) is 1. The first kappa shape index (κ1) is 24.1. The van der Waals surface area contributed by atoms with Crippen LogP contribution in [-0.4, -0.2) is 57.9 Å². The lowest BCUT2D eigenvalue weighted by atomic mass is 9.73. The molecule has 1 fully saturated rings. The van der Waals surface area contributed by atoms with Gasteiger partial charge in [0.1, 0.15) is 17.3 Å². The van der Waals surface area contributed by atoms with E-state index in [1.165, 1.54) is 0 Å². The number of carbonyl (C=O) groups excluding carboxylic acids is 2. The summed E-state index contributed by atoms with van der Waals surface area (Å²) in [4.78, 5) is 28.6. The predicted molar refractivity (Wildman–Crippen MR) is 133 cm³/mol. The van der Waals surface area contributed by atoms with Crippen LogP contribution in [0.3, 0.4) is 0 Å². The SMILES string of the molecule is Cc1cc(C(=O)N2CCC3(CC2)Cc2cn(nn2)CCCOc2ccc(cc2)CCNC3=O)c(C)o1. The van der Waals surface area contributed by atoms with Crippen molar-refractivity contribution in [2.75, 3.05) is 26.2 Å². The molecule has 0 radical (unpaired) electrons. The molecule has 0 saturated carbocycles. The van der Waals surface area contributed by atoms with Gasteiger partial charge in [-0.15, -0.1) is 5.10 Å². The molecule has 9 heteroatoms. The number of fused-ring (bicyclic) bond motifs is 8. The number of hydrogen-bond acceptors (Lipinski definition) is 6. The van der Waals surface area contributed by atoms with Crippen LogP contribution in [0.15, 0.2) is 40.9 Å². The second kappa shape index (κ2) is 10.2. The van der Waals surface area contributed by atoms with Crippen LogP contribution in [0.2, 0.25) is 0 Å². The van der Waals surface area contributed by atoms with Gasteiger partial charge in [-0.2, -0.15) is 0 Å². The van der Waals surface area contributed by atoms with Gasteiger partial charge >= 0.3 is 0 Å². The highest BCUT2D eigenvalue weighted by Gasteiger charge is 2.43. The van der Waals surface area contributed by atoms with E-state index in [2.05, 4.69) is 15.6 Å². The van der Waals surface area contributed by atoms with Gasteiger partial charge in [-0.1, -0.05) is 17.3 Å². The van der Waals surface area contributed by atoms with E-state index in [9.17, 15) is 9.59 Å². The normalized spacial score (nSPS) is 18.5. The van der Waals surface area contributed by atoms with Gasteiger partial charge in [0.2, 0.25) is 5.91 Å². The smallest absolute Gasteiger partial charge is 0.257 e. The Labute approximate surface area is 210 Å². The average Bonchev–Trinajstić information content (AvgIpc) is 3.46. The molecule has 3 aliphatic heterocycles. The number of nitrogens with one attached hydrogen (secondary N) is 1. The Balaban J connectivity index is 1.34. The fourth-order valence-electron chi connectivity index (χ4n) is 5.19. The minimum atomic E-state index is -0.639. The summed E-state index contributed by atoms with van der Waals surface area (Å²) in [5.74, 6) is 2.17. The number of rotatable bonds is 1. The molecular weight excluding hydrogens is 458 g/mol. The molecule has 3 aliphatic rings. The highest BCUT2D eigenvalue weighted by atomic mass is 16.5. The van der Waals surface area contributed by atoms with Crippen molar-refractivity contribution in [1.29, 1.82) is 0 Å². The largest absolute Gasteiger partial charge is 0.494 e. The molecule has 190 valence electrons. The molecule has 5 heterocycles. The molecule has 1 saturated heterocycles. The zero-order valence-corrected chi connectivity index (χ0v) is 21.0. The van der Waals surface area contributed by atoms with Crippen LogP contribution >= 0.6 is 0 Å². The van der Waals surface area contributed by atoms with E-state index in [1.807, 2.05) is 53.9 Å². The van der Waals surface area contributed by atoms with Gasteiger partial charge in [0.15, 0.2) is 0 Å². The standard InChI is InChI=1S/C27H33N5O4/c1-19-16-24(20(2)36-19)25(33)31-13-9-27(10-14-31)17-22-18-32(30-29-22)12-3-15-35-23-6-4-21(5-7-23)8-11-28-26(27)34/h4-7,16,18H,3,8-15,17H2,1-2H3,(H,28,34). The topological polar surface area (TPSA) is 102 Å². The Hall–Kier alpha value is -3.62. The summed E-state index contributed by atoms with van der Waals surface area (Å²) in [5, 5.41) is 11.8. The first-order valence-corrected chi connectivity index (χ1v) is 12.7. The van der Waals surface area contributed by atoms with E-state index in [-0.39, 0.29) is 11.8 Å². The van der Waals surface area contributed by atoms with Gasteiger partial charge in [0.25, 0.3) is 5.91 Å². The summed E-state index contributed by atoms with van der Waals surface area (Å²) in [6.07, 6.45) is 5.10. The molecule has 6 rings (SSSR count). The summed E-state index contributed by atoms with van der Waals surface area (Å²) in [6.45, 7) is 6.49. The molecule has 2 aromatic heterocycles. The summed E-state index contributed by atoms with van der Waals surface area (Å²) in [5.41, 5.74) is 1.90. The maximum atomic E-state index is 13.6. The average molecular weight is 492 g/mol. The number of piperidine rings is 1. The lowest BCUT2D eigenvalue weighted by Crippen LogP contribution is -2.51. The second-order valence-electron chi connectivity index (χ2n) is 9.90. The number of aryl methyl sites for hydroxylation is 3. The van der Waals surface area contributed by atoms with Gasteiger partial charge in [0, 0.05) is 45.2 Å². The molecule has 1 aromatic carbocycles. The minimum Gasteiger partial charge on any atom is -0.494 e. The predicted octanol–water partition coefficient (Wildman–Crippen LogP) is 3.09. The Kier molecular flexibility index (Phi) is 6.80. The summed E-state index contributed by atoms with van der Waals surface area (Å²) < 4.78 is 13.2. The molecular formula is C27H33N5O4. The summed E-state index contributed by atoms with van der Waals surface area (Å²) in [6, 6.07) is 9.82. The Bertz CT molecular complexity index is 1220. The van der Waals surface area contributed by atoms with E-state index < -0.39 is 5.41 Å². The van der Waals surface area contributed by atoms with Crippen molar-refractivity contribution >= 4 is 11.8 Å². The number of ether oxygens (including phenoxy) is 1. The van der Waals surface area contributed by atoms with Crippen LogP contribution in [-0.2, 0) is 24.2 Å². The fraction of sp³-hybridized carbons (Fsp3) is 0.481. The third-order valence-electron chi connectivity index (χ3n) is 7.29. The minimum absolute atomic E-state index is 0.0174. The molecule has 0 atom stereocenters. The Morgan fingerprint density at radius 3 is 2.61 bits per heavy atom. The number of nitrogens with zero attached hydrogens (tertiary/aromatic N) is 4. The molecule has 1 N–H and O–H groups in total. The fourth-order valence-corrected chi connectivity index (χ4v) is 5.19. The Morgan fingerprint density at radius 1 is 1.11 bits per heavy atom. The van der Waals surface area contributed by atoms with E-state index >= 15 is 0 Å². The van der Waals surface area contributed by atoms with E-state index in [0.717, 1.165) is 35.6 Å². The zero-order valence-electron chi connectivity index (χ0n) is 21.0. The van der Waals surface area contributed by atoms with Crippen molar-refractivity contribution < 1.29 is 18.7 Å². The molecule has 4 bridgehead atoms. The van der Waals surface area contributed by atoms with Gasteiger partial charge in [-0.05, 0) is 56.9 Å². The number of aromatic nitrogens is 3. The molecule has 0 unspecified atom stereocenters. The highest BCUT2D eigenvalue weighted by Crippen LogP contribution is 2.36. The Morgan fingerprint density at radius 2 is 1.89 bits per heavy atom. The lowest BCUT2D eigenvalue weighted by Gasteiger charge is -2.40. The molecule has 2 amide bonds. The van der Waals surface area contributed by atoms with Crippen molar-refractivity contribution in [1.82, 2.24) is 25.2 Å². The lowest BCUT2D eigenvalue weighted by molar-refractivity contribution is -0.133. The van der Waals surface area contributed by atoms with Crippen LogP contribution in [0, 0.1) is 19.3 Å². The van der Waals surface area contributed by atoms with E-state index in [0.29, 0.717) is 63.4 Å². The maximum absolute atomic E-state index is 13.6. The van der Waals surface area contributed by atoms with Gasteiger partial charge in [-0.25, -0.2) is 0 Å². The van der Waals surface area contributed by atoms with E-state index in [1.54, 1.807) is 6.07 Å². The van der Waals surface area contributed by atoms with Crippen LogP contribution in [0.4, 0.5) is 0 Å². The first-order valence-electron chi connectivity index (χ1n) is 12.7. The number of furan rings is 1. The van der Waals surface area contributed by atoms with Gasteiger partial charge < -0.3 is 19.4 Å². The summed E-state index contributed by atoms with van der Waals surface area (Å²) >= 11 is 0. The van der Waals surface area contributed by atoms with Crippen LogP contribution in [0.25, 0.3) is 0 Å². The maximum Gasteiger partial charge on any atom is 0.257 e. The molecule has 1 spiro atoms. The van der Waals surface area contributed by atoms with Crippen molar-refractivity contribution in [2.24, 2.45) is 5.41 Å². The van der Waals surface area contributed by atoms with Gasteiger partial charge in [-0.3, -0.25) is 14.3 Å². The molecule has 36 heavy (non-hydrogen) atoms. The highest BCUT2D eigenvalue weighted by molar-refractivity contribution is 5.95. The monoisotopic (exact) mass is 491 g/mol. The van der Waals surface area contributed by atoms with E-state index in [4.69, 9.17) is 9.15 Å². The van der Waals surface area contributed by atoms with Gasteiger partial charge in [0.05, 0.1) is 23.3 Å². The van der Waals surface area contributed by atoms with Crippen molar-refractivity contribution in [3.63, 3.8) is 0 Å². The van der Waals surface area contributed by atoms with Crippen molar-refractivity contribution in [2.45, 2.75) is 52.5 Å². The third-order valence-corrected chi connectivity index (χ3v) is 7.29. The second-order valence-corrected chi connectivity index (χ2v) is 9.90. The molecule has 3 aromatic rings. The first-order chi connectivity index (χ1) is 17.4. The number of carbonyl (C=O) groups is 2. The van der Waals surface area contributed by atoms with Crippen LogP contribution in [0.5, 0.6) is 5.75 Å². The number of amides is 2. The number of likely N-dealkylation sites (tertiary alicyclic amines) is 1. The van der Waals surface area contributed by atoms with Crippen LogP contribution < -0.4 is 10.1 Å². The van der Waals surface area contributed by atoms with Crippen LogP contribution in [0.1, 0.15) is 52.4 Å². The molecule has 9 nitrogen and oxygen atoms in total.